The molecule has 1 heterocycles. The van der Waals surface area contributed by atoms with E-state index in [1.807, 2.05) is 26.8 Å². The first-order valence-corrected chi connectivity index (χ1v) is 7.56. The highest BCUT2D eigenvalue weighted by molar-refractivity contribution is 6.17. The molecule has 1 aromatic heterocycles. The molecule has 0 aliphatic heterocycles. The molecule has 4 nitrogen and oxygen atoms in total. The Morgan fingerprint density at radius 1 is 1.20 bits per heavy atom. The quantitative estimate of drug-likeness (QED) is 0.531. The molecule has 0 saturated carbocycles. The number of hydrogen-bond donors (Lipinski definition) is 0. The summed E-state index contributed by atoms with van der Waals surface area (Å²) < 4.78 is 1.58. The normalized spacial score (nSPS) is 12.7. The molecule has 0 unspecified atom stereocenters. The molecule has 0 saturated heterocycles. The number of rotatable bonds is 8. The first-order valence-electron chi connectivity index (χ1n) is 7.56. The van der Waals surface area contributed by atoms with Crippen molar-refractivity contribution in [3.63, 3.8) is 0 Å². The van der Waals surface area contributed by atoms with Crippen molar-refractivity contribution in [3.05, 3.63) is 18.7 Å². The van der Waals surface area contributed by atoms with Gasteiger partial charge in [-0.3, -0.25) is 4.79 Å². The molecule has 0 aromatic carbocycles. The minimum absolute atomic E-state index is 0.108. The molecule has 0 aliphatic rings. The van der Waals surface area contributed by atoms with Crippen LogP contribution in [0.3, 0.4) is 0 Å². The molecule has 1 rings (SSSR count). The van der Waals surface area contributed by atoms with Crippen LogP contribution in [0.15, 0.2) is 18.7 Å². The summed E-state index contributed by atoms with van der Waals surface area (Å²) in [6.07, 6.45) is 12.1. The van der Waals surface area contributed by atoms with Crippen LogP contribution >= 0.6 is 0 Å². The maximum absolute atomic E-state index is 12.5. The van der Waals surface area contributed by atoms with Gasteiger partial charge < -0.3 is 0 Å². The van der Waals surface area contributed by atoms with E-state index in [1.54, 1.807) is 11.0 Å². The number of hydrogen-bond acceptors (Lipinski definition) is 3. The number of ketones is 1. The van der Waals surface area contributed by atoms with Crippen LogP contribution in [0.1, 0.15) is 66.2 Å². The molecule has 0 fully saturated rings. The van der Waals surface area contributed by atoms with Crippen molar-refractivity contribution >= 4 is 11.5 Å². The minimum Gasteiger partial charge on any atom is -0.292 e. The van der Waals surface area contributed by atoms with Crippen LogP contribution in [0.2, 0.25) is 0 Å². The first kappa shape index (κ1) is 16.6. The number of carbonyl (C=O) groups excluding carboxylic acids is 1. The van der Waals surface area contributed by atoms with Crippen LogP contribution in [0.4, 0.5) is 0 Å². The summed E-state index contributed by atoms with van der Waals surface area (Å²) in [7, 11) is 0. The number of unbranched alkanes of at least 4 members (excludes halogenated alkanes) is 5. The summed E-state index contributed by atoms with van der Waals surface area (Å²) in [5.41, 5.74) is 0.241. The molecule has 112 valence electrons. The monoisotopic (exact) mass is 277 g/mol. The van der Waals surface area contributed by atoms with Gasteiger partial charge in [-0.25, -0.2) is 9.67 Å². The molecule has 1 aromatic rings. The average Bonchev–Trinajstić information content (AvgIpc) is 2.90. The Hall–Kier alpha value is -1.45. The summed E-state index contributed by atoms with van der Waals surface area (Å²) in [4.78, 5) is 16.4. The number of allylic oxidation sites excluding steroid dienone is 2. The van der Waals surface area contributed by atoms with Crippen molar-refractivity contribution in [1.29, 1.82) is 0 Å². The summed E-state index contributed by atoms with van der Waals surface area (Å²) in [5, 5.41) is 4.10. The largest absolute Gasteiger partial charge is 0.292 e. The lowest BCUT2D eigenvalue weighted by Gasteiger charge is -2.18. The Kier molecular flexibility index (Phi) is 6.62. The van der Waals surface area contributed by atoms with Gasteiger partial charge in [0, 0.05) is 5.41 Å². The maximum atomic E-state index is 12.5. The summed E-state index contributed by atoms with van der Waals surface area (Å²) in [5.74, 6) is 0.108. The highest BCUT2D eigenvalue weighted by atomic mass is 16.1. The molecule has 0 radical (unpaired) electrons. The maximum Gasteiger partial charge on any atom is 0.186 e. The van der Waals surface area contributed by atoms with Gasteiger partial charge in [0.15, 0.2) is 5.78 Å². The Balaban J connectivity index is 2.67. The number of aromatic nitrogens is 3. The third-order valence-corrected chi connectivity index (χ3v) is 3.22. The Labute approximate surface area is 122 Å². The van der Waals surface area contributed by atoms with Gasteiger partial charge in [0.05, 0.1) is 0 Å². The summed E-state index contributed by atoms with van der Waals surface area (Å²) >= 11 is 0. The van der Waals surface area contributed by atoms with Gasteiger partial charge in [-0.2, -0.15) is 5.10 Å². The SMILES string of the molecule is CCCCCCCC=C(C(=O)C(C)(C)C)n1cncn1. The van der Waals surface area contributed by atoms with Gasteiger partial charge in [-0.1, -0.05) is 59.5 Å². The van der Waals surface area contributed by atoms with Gasteiger partial charge in [-0.05, 0) is 12.8 Å². The standard InChI is InChI=1S/C16H27N3O/c1-5-6-7-8-9-10-11-14(15(20)16(2,3)4)19-13-17-12-18-19/h11-13H,5-10H2,1-4H3. The zero-order valence-electron chi connectivity index (χ0n) is 13.2. The van der Waals surface area contributed by atoms with Gasteiger partial charge in [0.2, 0.25) is 0 Å². The predicted molar refractivity (Wildman–Crippen MR) is 82.1 cm³/mol. The molecule has 0 atom stereocenters. The van der Waals surface area contributed by atoms with E-state index in [1.165, 1.54) is 32.0 Å². The van der Waals surface area contributed by atoms with E-state index in [9.17, 15) is 4.79 Å². The number of Topliss-reactive ketones (excluding diaryl/α,β-unsaturated/α-hetero) is 1. The van der Waals surface area contributed by atoms with E-state index in [0.29, 0.717) is 5.70 Å². The first-order chi connectivity index (χ1) is 9.46. The van der Waals surface area contributed by atoms with Gasteiger partial charge in [0.25, 0.3) is 0 Å². The summed E-state index contributed by atoms with van der Waals surface area (Å²) in [6, 6.07) is 0. The van der Waals surface area contributed by atoms with E-state index in [4.69, 9.17) is 0 Å². The fraction of sp³-hybridized carbons (Fsp3) is 0.688. The van der Waals surface area contributed by atoms with Crippen LogP contribution in [0.25, 0.3) is 5.70 Å². The molecule has 20 heavy (non-hydrogen) atoms. The lowest BCUT2D eigenvalue weighted by molar-refractivity contribution is -0.120. The summed E-state index contributed by atoms with van der Waals surface area (Å²) in [6.45, 7) is 8.01. The van der Waals surface area contributed by atoms with E-state index in [0.717, 1.165) is 12.8 Å². The van der Waals surface area contributed by atoms with Gasteiger partial charge >= 0.3 is 0 Å². The van der Waals surface area contributed by atoms with Crippen LogP contribution in [0.5, 0.6) is 0 Å². The van der Waals surface area contributed by atoms with Crippen LogP contribution in [0, 0.1) is 5.41 Å². The number of carbonyl (C=O) groups is 1. The van der Waals surface area contributed by atoms with E-state index < -0.39 is 5.41 Å². The molecule has 4 heteroatoms. The lowest BCUT2D eigenvalue weighted by atomic mass is 9.88. The highest BCUT2D eigenvalue weighted by Gasteiger charge is 2.26. The molecule has 0 N–H and O–H groups in total. The average molecular weight is 277 g/mol. The Morgan fingerprint density at radius 3 is 2.45 bits per heavy atom. The zero-order valence-corrected chi connectivity index (χ0v) is 13.2. The second-order valence-corrected chi connectivity index (χ2v) is 6.21. The fourth-order valence-electron chi connectivity index (χ4n) is 1.99. The second kappa shape index (κ2) is 7.98. The van der Waals surface area contributed by atoms with Crippen molar-refractivity contribution in [2.24, 2.45) is 5.41 Å². The van der Waals surface area contributed by atoms with E-state index in [-0.39, 0.29) is 5.78 Å². The molecule has 0 spiro atoms. The smallest absolute Gasteiger partial charge is 0.186 e. The van der Waals surface area contributed by atoms with Crippen molar-refractivity contribution in [3.8, 4) is 0 Å². The molecule has 0 aliphatic carbocycles. The molecular formula is C16H27N3O. The zero-order chi connectivity index (χ0) is 15.0. The highest BCUT2D eigenvalue weighted by Crippen LogP contribution is 2.23. The molecular weight excluding hydrogens is 250 g/mol. The lowest BCUT2D eigenvalue weighted by Crippen LogP contribution is -2.24. The molecule has 0 amide bonds. The Bertz CT molecular complexity index is 427. The second-order valence-electron chi connectivity index (χ2n) is 6.21. The Morgan fingerprint density at radius 2 is 1.90 bits per heavy atom. The predicted octanol–water partition coefficient (Wildman–Crippen LogP) is 4.09. The van der Waals surface area contributed by atoms with Crippen LogP contribution in [-0.2, 0) is 4.79 Å². The van der Waals surface area contributed by atoms with Gasteiger partial charge in [0.1, 0.15) is 18.4 Å². The topological polar surface area (TPSA) is 47.8 Å². The van der Waals surface area contributed by atoms with E-state index in [2.05, 4.69) is 17.0 Å². The van der Waals surface area contributed by atoms with E-state index >= 15 is 0 Å². The van der Waals surface area contributed by atoms with Gasteiger partial charge in [-0.15, -0.1) is 0 Å². The van der Waals surface area contributed by atoms with Crippen molar-refractivity contribution in [1.82, 2.24) is 14.8 Å². The van der Waals surface area contributed by atoms with Crippen molar-refractivity contribution < 1.29 is 4.79 Å². The number of nitrogens with zero attached hydrogens (tertiary/aromatic N) is 3. The minimum atomic E-state index is -0.403. The third-order valence-electron chi connectivity index (χ3n) is 3.22. The van der Waals surface area contributed by atoms with Crippen molar-refractivity contribution in [2.45, 2.75) is 66.2 Å². The van der Waals surface area contributed by atoms with Crippen LogP contribution in [-0.4, -0.2) is 20.5 Å². The van der Waals surface area contributed by atoms with Crippen molar-refractivity contribution in [2.75, 3.05) is 0 Å². The third kappa shape index (κ3) is 5.27. The fourth-order valence-corrected chi connectivity index (χ4v) is 1.99. The molecule has 0 bridgehead atoms. The van der Waals surface area contributed by atoms with Crippen LogP contribution < -0.4 is 0 Å².